The van der Waals surface area contributed by atoms with E-state index in [-0.39, 0.29) is 0 Å². The van der Waals surface area contributed by atoms with Gasteiger partial charge in [0.1, 0.15) is 0 Å². The van der Waals surface area contributed by atoms with Crippen molar-refractivity contribution in [3.8, 4) is 0 Å². The summed E-state index contributed by atoms with van der Waals surface area (Å²) >= 11 is 0. The molecule has 1 rings (SSSR count). The molecule has 1 aliphatic heterocycles. The molecule has 1 aliphatic rings. The van der Waals surface area contributed by atoms with Crippen molar-refractivity contribution >= 4 is 5.91 Å². The molecule has 0 spiro atoms. The van der Waals surface area contributed by atoms with E-state index in [0.717, 1.165) is 32.5 Å². The lowest BCUT2D eigenvalue weighted by molar-refractivity contribution is -0.135. The monoisotopic (exact) mass is 184 g/mol. The number of nitrogens with zero attached hydrogens (tertiary/aromatic N) is 2. The van der Waals surface area contributed by atoms with E-state index in [4.69, 9.17) is 0 Å². The minimum atomic E-state index is 0.318. The summed E-state index contributed by atoms with van der Waals surface area (Å²) in [6.45, 7) is 6.02. The maximum atomic E-state index is 11.5. The zero-order valence-corrected chi connectivity index (χ0v) is 8.92. The Kier molecular flexibility index (Phi) is 3.72. The highest BCUT2D eigenvalue weighted by atomic mass is 16.2. The molecule has 0 saturated carbocycles. The Bertz CT molecular complexity index is 180. The van der Waals surface area contributed by atoms with Crippen LogP contribution >= 0.6 is 0 Å². The maximum absolute atomic E-state index is 11.5. The van der Waals surface area contributed by atoms with Gasteiger partial charge in [0.05, 0.1) is 6.67 Å². The minimum absolute atomic E-state index is 0.318. The Hall–Kier alpha value is -0.570. The van der Waals surface area contributed by atoms with Crippen LogP contribution in [0, 0.1) is 0 Å². The average molecular weight is 184 g/mol. The molecule has 1 amide bonds. The van der Waals surface area contributed by atoms with Gasteiger partial charge in [-0.05, 0) is 33.7 Å². The molecule has 3 heteroatoms. The summed E-state index contributed by atoms with van der Waals surface area (Å²) in [5.74, 6) is 0.318. The standard InChI is InChI=1S/C10H20N2O/c1-9(2)11(3)8-12-7-5-4-6-10(12)13/h9H,4-8H2,1-3H3. The number of rotatable bonds is 3. The first-order chi connectivity index (χ1) is 6.11. The molecular weight excluding hydrogens is 164 g/mol. The van der Waals surface area contributed by atoms with Gasteiger partial charge in [-0.2, -0.15) is 0 Å². The second-order valence-electron chi connectivity index (χ2n) is 4.11. The number of piperidine rings is 1. The summed E-state index contributed by atoms with van der Waals surface area (Å²) < 4.78 is 0. The van der Waals surface area contributed by atoms with Crippen LogP contribution < -0.4 is 0 Å². The summed E-state index contributed by atoms with van der Waals surface area (Å²) in [5.41, 5.74) is 0. The summed E-state index contributed by atoms with van der Waals surface area (Å²) in [7, 11) is 2.06. The van der Waals surface area contributed by atoms with Crippen LogP contribution in [0.2, 0.25) is 0 Å². The van der Waals surface area contributed by atoms with Crippen LogP contribution in [0.15, 0.2) is 0 Å². The van der Waals surface area contributed by atoms with Crippen molar-refractivity contribution in [1.29, 1.82) is 0 Å². The van der Waals surface area contributed by atoms with E-state index in [2.05, 4.69) is 25.8 Å². The molecule has 0 radical (unpaired) electrons. The number of hydrogen-bond donors (Lipinski definition) is 0. The Morgan fingerprint density at radius 3 is 2.69 bits per heavy atom. The third-order valence-corrected chi connectivity index (χ3v) is 2.70. The number of amides is 1. The van der Waals surface area contributed by atoms with Crippen molar-refractivity contribution in [3.63, 3.8) is 0 Å². The highest BCUT2D eigenvalue weighted by Crippen LogP contribution is 2.11. The Morgan fingerprint density at radius 1 is 1.46 bits per heavy atom. The van der Waals surface area contributed by atoms with E-state index in [1.54, 1.807) is 0 Å². The fourth-order valence-corrected chi connectivity index (χ4v) is 1.44. The molecule has 0 atom stereocenters. The van der Waals surface area contributed by atoms with Gasteiger partial charge in [0.2, 0.25) is 5.91 Å². The fourth-order valence-electron chi connectivity index (χ4n) is 1.44. The second kappa shape index (κ2) is 4.61. The van der Waals surface area contributed by atoms with Crippen molar-refractivity contribution in [1.82, 2.24) is 9.80 Å². The normalized spacial score (nSPS) is 18.8. The molecular formula is C10H20N2O. The zero-order chi connectivity index (χ0) is 9.84. The van der Waals surface area contributed by atoms with Gasteiger partial charge in [0.15, 0.2) is 0 Å². The van der Waals surface area contributed by atoms with Gasteiger partial charge in [0, 0.05) is 19.0 Å². The van der Waals surface area contributed by atoms with Crippen molar-refractivity contribution in [3.05, 3.63) is 0 Å². The van der Waals surface area contributed by atoms with Crippen LogP contribution in [0.5, 0.6) is 0 Å². The quantitative estimate of drug-likeness (QED) is 0.660. The molecule has 13 heavy (non-hydrogen) atoms. The van der Waals surface area contributed by atoms with E-state index < -0.39 is 0 Å². The molecule has 76 valence electrons. The molecule has 1 fully saturated rings. The van der Waals surface area contributed by atoms with Crippen LogP contribution in [0.3, 0.4) is 0 Å². The van der Waals surface area contributed by atoms with Crippen LogP contribution in [0.25, 0.3) is 0 Å². The minimum Gasteiger partial charge on any atom is -0.330 e. The van der Waals surface area contributed by atoms with Gasteiger partial charge in [0.25, 0.3) is 0 Å². The first-order valence-corrected chi connectivity index (χ1v) is 5.09. The average Bonchev–Trinajstić information content (AvgIpc) is 2.08. The van der Waals surface area contributed by atoms with E-state index in [9.17, 15) is 4.79 Å². The van der Waals surface area contributed by atoms with E-state index >= 15 is 0 Å². The molecule has 1 saturated heterocycles. The van der Waals surface area contributed by atoms with Gasteiger partial charge in [-0.15, -0.1) is 0 Å². The Balaban J connectivity index is 2.38. The number of hydrogen-bond acceptors (Lipinski definition) is 2. The molecule has 0 aromatic carbocycles. The topological polar surface area (TPSA) is 23.6 Å². The van der Waals surface area contributed by atoms with Crippen LogP contribution in [0.1, 0.15) is 33.1 Å². The lowest BCUT2D eigenvalue weighted by atomic mass is 10.1. The Morgan fingerprint density at radius 2 is 2.15 bits per heavy atom. The van der Waals surface area contributed by atoms with Crippen LogP contribution in [-0.4, -0.2) is 42.0 Å². The smallest absolute Gasteiger partial charge is 0.223 e. The lowest BCUT2D eigenvalue weighted by Crippen LogP contribution is -2.44. The van der Waals surface area contributed by atoms with Crippen molar-refractivity contribution in [2.45, 2.75) is 39.2 Å². The van der Waals surface area contributed by atoms with Crippen molar-refractivity contribution < 1.29 is 4.79 Å². The Labute approximate surface area is 80.7 Å². The summed E-state index contributed by atoms with van der Waals surface area (Å²) in [6, 6.07) is 0.509. The first kappa shape index (κ1) is 10.5. The van der Waals surface area contributed by atoms with Gasteiger partial charge >= 0.3 is 0 Å². The van der Waals surface area contributed by atoms with Gasteiger partial charge < -0.3 is 4.90 Å². The second-order valence-corrected chi connectivity index (χ2v) is 4.11. The summed E-state index contributed by atoms with van der Waals surface area (Å²) in [4.78, 5) is 15.6. The third kappa shape index (κ3) is 2.99. The fraction of sp³-hybridized carbons (Fsp3) is 0.900. The highest BCUT2D eigenvalue weighted by molar-refractivity contribution is 5.76. The van der Waals surface area contributed by atoms with Crippen molar-refractivity contribution in [2.75, 3.05) is 20.3 Å². The largest absolute Gasteiger partial charge is 0.330 e. The SMILES string of the molecule is CC(C)N(C)CN1CCCCC1=O. The third-order valence-electron chi connectivity index (χ3n) is 2.70. The molecule has 0 aromatic heterocycles. The van der Waals surface area contributed by atoms with Gasteiger partial charge in [-0.1, -0.05) is 0 Å². The maximum Gasteiger partial charge on any atom is 0.223 e. The molecule has 0 bridgehead atoms. The van der Waals surface area contributed by atoms with E-state index in [1.165, 1.54) is 0 Å². The highest BCUT2D eigenvalue weighted by Gasteiger charge is 2.19. The van der Waals surface area contributed by atoms with Gasteiger partial charge in [-0.3, -0.25) is 9.69 Å². The molecule has 0 N–H and O–H groups in total. The van der Waals surface area contributed by atoms with Crippen LogP contribution in [-0.2, 0) is 4.79 Å². The van der Waals surface area contributed by atoms with Crippen molar-refractivity contribution in [2.24, 2.45) is 0 Å². The zero-order valence-electron chi connectivity index (χ0n) is 8.92. The number of carbonyl (C=O) groups excluding carboxylic acids is 1. The van der Waals surface area contributed by atoms with E-state index in [1.807, 2.05) is 4.90 Å². The molecule has 0 aromatic rings. The first-order valence-electron chi connectivity index (χ1n) is 5.09. The van der Waals surface area contributed by atoms with E-state index in [0.29, 0.717) is 11.9 Å². The molecule has 3 nitrogen and oxygen atoms in total. The molecule has 0 aliphatic carbocycles. The molecule has 1 heterocycles. The number of likely N-dealkylation sites (tertiary alicyclic amines) is 1. The summed E-state index contributed by atoms with van der Waals surface area (Å²) in [5, 5.41) is 0. The molecule has 0 unspecified atom stereocenters. The number of carbonyl (C=O) groups is 1. The van der Waals surface area contributed by atoms with Crippen LogP contribution in [0.4, 0.5) is 0 Å². The lowest BCUT2D eigenvalue weighted by Gasteiger charge is -2.32. The summed E-state index contributed by atoms with van der Waals surface area (Å²) in [6.07, 6.45) is 2.98. The van der Waals surface area contributed by atoms with Gasteiger partial charge in [-0.25, -0.2) is 0 Å². The predicted molar refractivity (Wildman–Crippen MR) is 53.3 cm³/mol. The predicted octanol–water partition coefficient (Wildman–Crippen LogP) is 1.30.